The minimum absolute atomic E-state index is 0.00483. The number of amides is 1. The molecule has 2 N–H and O–H groups in total. The number of carbonyl (C=O) groups excluding carboxylic acids is 1. The highest BCUT2D eigenvalue weighted by Gasteiger charge is 2.47. The zero-order valence-corrected chi connectivity index (χ0v) is 17.9. The second-order valence-corrected chi connectivity index (χ2v) is 9.07. The van der Waals surface area contributed by atoms with Crippen LogP contribution in [0.2, 0.25) is 0 Å². The first-order valence-corrected chi connectivity index (χ1v) is 11.3. The molecule has 168 valence electrons. The van der Waals surface area contributed by atoms with Crippen molar-refractivity contribution in [3.63, 3.8) is 0 Å². The van der Waals surface area contributed by atoms with Crippen LogP contribution in [0, 0.1) is 24.7 Å². The van der Waals surface area contributed by atoms with E-state index >= 15 is 0 Å². The Hall–Kier alpha value is -2.92. The van der Waals surface area contributed by atoms with E-state index in [1.54, 1.807) is 17.6 Å². The van der Waals surface area contributed by atoms with E-state index in [9.17, 15) is 4.79 Å². The summed E-state index contributed by atoms with van der Waals surface area (Å²) in [5.41, 5.74) is 2.27. The highest BCUT2D eigenvalue weighted by Crippen LogP contribution is 2.54. The van der Waals surface area contributed by atoms with Gasteiger partial charge in [0.05, 0.1) is 49.1 Å². The van der Waals surface area contributed by atoms with Crippen LogP contribution in [-0.2, 0) is 4.74 Å². The largest absolute Gasteiger partial charge is 0.378 e. The quantitative estimate of drug-likeness (QED) is 0.561. The molecule has 2 atom stereocenters. The maximum Gasteiger partial charge on any atom is 0.276 e. The molecule has 32 heavy (non-hydrogen) atoms. The van der Waals surface area contributed by atoms with Crippen molar-refractivity contribution >= 4 is 11.7 Å². The van der Waals surface area contributed by atoms with Crippen molar-refractivity contribution in [3.8, 4) is 0 Å². The molecule has 3 aliphatic rings. The highest BCUT2D eigenvalue weighted by molar-refractivity contribution is 5.93. The predicted molar refractivity (Wildman–Crippen MR) is 111 cm³/mol. The second-order valence-electron chi connectivity index (χ2n) is 9.07. The number of nitrogens with zero attached hydrogens (tertiary/aromatic N) is 6. The van der Waals surface area contributed by atoms with Crippen LogP contribution in [0.5, 0.6) is 0 Å². The maximum absolute atomic E-state index is 13.0. The van der Waals surface area contributed by atoms with Gasteiger partial charge in [-0.05, 0) is 55.5 Å². The first-order chi connectivity index (χ1) is 15.7. The summed E-state index contributed by atoms with van der Waals surface area (Å²) >= 11 is 0. The van der Waals surface area contributed by atoms with E-state index in [0.29, 0.717) is 42.4 Å². The Bertz CT molecular complexity index is 1120. The lowest BCUT2D eigenvalue weighted by Crippen LogP contribution is -2.36. The van der Waals surface area contributed by atoms with Gasteiger partial charge in [0.1, 0.15) is 5.69 Å². The molecule has 4 heterocycles. The Balaban J connectivity index is 1.33. The third-order valence-corrected chi connectivity index (χ3v) is 6.70. The van der Waals surface area contributed by atoms with Crippen LogP contribution in [0.1, 0.15) is 65.3 Å². The normalized spacial score (nSPS) is 22.4. The molecular weight excluding hydrogens is 412 g/mol. The van der Waals surface area contributed by atoms with E-state index in [0.717, 1.165) is 17.9 Å². The predicted octanol–water partition coefficient (Wildman–Crippen LogP) is 1.38. The number of hydrogen-bond donors (Lipinski definition) is 2. The average molecular weight is 438 g/mol. The molecule has 6 rings (SSSR count). The van der Waals surface area contributed by atoms with Crippen LogP contribution in [0.25, 0.3) is 5.78 Å². The SMILES string of the molecule is Cc1nonc1C(=O)N[C@H](c1cn2ncc(C3COCCN3)nc2n1)C(C1CC1)C1CC1. The van der Waals surface area contributed by atoms with Crippen LogP contribution in [0.3, 0.4) is 0 Å². The molecule has 2 saturated carbocycles. The summed E-state index contributed by atoms with van der Waals surface area (Å²) < 4.78 is 12.0. The van der Waals surface area contributed by atoms with Gasteiger partial charge in [0.25, 0.3) is 11.7 Å². The van der Waals surface area contributed by atoms with Crippen LogP contribution in [0.15, 0.2) is 17.0 Å². The number of morpholine rings is 1. The van der Waals surface area contributed by atoms with Gasteiger partial charge in [0, 0.05) is 6.54 Å². The van der Waals surface area contributed by atoms with E-state index < -0.39 is 0 Å². The Kier molecular flexibility index (Phi) is 4.87. The highest BCUT2D eigenvalue weighted by atomic mass is 16.6. The molecule has 0 radical (unpaired) electrons. The summed E-state index contributed by atoms with van der Waals surface area (Å²) in [7, 11) is 0. The van der Waals surface area contributed by atoms with Gasteiger partial charge in [-0.1, -0.05) is 5.16 Å². The third-order valence-electron chi connectivity index (χ3n) is 6.70. The molecule has 11 nitrogen and oxygen atoms in total. The molecule has 3 aromatic heterocycles. The van der Waals surface area contributed by atoms with Crippen LogP contribution >= 0.6 is 0 Å². The third kappa shape index (κ3) is 3.75. The molecule has 1 amide bonds. The number of carbonyl (C=O) groups is 1. The van der Waals surface area contributed by atoms with Crippen molar-refractivity contribution in [2.75, 3.05) is 19.8 Å². The lowest BCUT2D eigenvalue weighted by atomic mass is 9.87. The van der Waals surface area contributed by atoms with Gasteiger partial charge < -0.3 is 15.4 Å². The summed E-state index contributed by atoms with van der Waals surface area (Å²) in [5.74, 6) is 1.79. The lowest BCUT2D eigenvalue weighted by molar-refractivity contribution is 0.0755. The molecular formula is C21H26N8O3. The molecule has 1 unspecified atom stereocenters. The maximum atomic E-state index is 13.0. The van der Waals surface area contributed by atoms with Crippen LogP contribution in [-0.4, -0.2) is 55.6 Å². The second kappa shape index (κ2) is 7.89. The number of hydrogen-bond acceptors (Lipinski definition) is 9. The molecule has 3 aromatic rings. The van der Waals surface area contributed by atoms with E-state index in [-0.39, 0.29) is 23.7 Å². The number of aromatic nitrogens is 6. The number of imidazole rings is 1. The van der Waals surface area contributed by atoms with Crippen LogP contribution < -0.4 is 10.6 Å². The molecule has 1 aliphatic heterocycles. The Morgan fingerprint density at radius 1 is 1.22 bits per heavy atom. The smallest absolute Gasteiger partial charge is 0.276 e. The first-order valence-electron chi connectivity index (χ1n) is 11.3. The van der Waals surface area contributed by atoms with Gasteiger partial charge in [-0.2, -0.15) is 5.10 Å². The van der Waals surface area contributed by atoms with Crippen molar-refractivity contribution in [2.24, 2.45) is 17.8 Å². The fourth-order valence-corrected chi connectivity index (χ4v) is 4.78. The van der Waals surface area contributed by atoms with Gasteiger partial charge in [-0.3, -0.25) is 4.79 Å². The molecule has 1 saturated heterocycles. The van der Waals surface area contributed by atoms with Gasteiger partial charge in [-0.15, -0.1) is 0 Å². The fraction of sp³-hybridized carbons (Fsp3) is 0.619. The molecule has 0 bridgehead atoms. The van der Waals surface area contributed by atoms with Crippen molar-refractivity contribution < 1.29 is 14.2 Å². The minimum Gasteiger partial charge on any atom is -0.378 e. The van der Waals surface area contributed by atoms with Crippen molar-refractivity contribution in [1.82, 2.24) is 40.5 Å². The van der Waals surface area contributed by atoms with Crippen molar-refractivity contribution in [3.05, 3.63) is 35.2 Å². The number of aryl methyl sites for hydroxylation is 1. The van der Waals surface area contributed by atoms with Gasteiger partial charge in [-0.25, -0.2) is 19.1 Å². The van der Waals surface area contributed by atoms with Crippen LogP contribution in [0.4, 0.5) is 0 Å². The summed E-state index contributed by atoms with van der Waals surface area (Å²) in [6, 6.07) is -0.230. The van der Waals surface area contributed by atoms with E-state index in [4.69, 9.17) is 19.3 Å². The zero-order chi connectivity index (χ0) is 21.7. The molecule has 3 fully saturated rings. The first kappa shape index (κ1) is 19.7. The van der Waals surface area contributed by atoms with E-state index in [1.807, 2.05) is 6.20 Å². The molecule has 2 aliphatic carbocycles. The molecule has 11 heteroatoms. The number of rotatable bonds is 7. The number of ether oxygens (including phenoxy) is 1. The minimum atomic E-state index is -0.290. The summed E-state index contributed by atoms with van der Waals surface area (Å²) in [5, 5.41) is 18.6. The summed E-state index contributed by atoms with van der Waals surface area (Å²) in [6.07, 6.45) is 8.41. The summed E-state index contributed by atoms with van der Waals surface area (Å²) in [4.78, 5) is 22.6. The molecule has 0 aromatic carbocycles. The average Bonchev–Trinajstić information content (AvgIpc) is 3.74. The van der Waals surface area contributed by atoms with E-state index in [1.165, 1.54) is 25.7 Å². The number of fused-ring (bicyclic) bond motifs is 1. The topological polar surface area (TPSA) is 132 Å². The summed E-state index contributed by atoms with van der Waals surface area (Å²) in [6.45, 7) is 3.76. The van der Waals surface area contributed by atoms with Crippen molar-refractivity contribution in [1.29, 1.82) is 0 Å². The lowest BCUT2D eigenvalue weighted by Gasteiger charge is -2.26. The zero-order valence-electron chi connectivity index (χ0n) is 17.9. The standard InChI is InChI=1S/C21H26N8O3/c1-11-18(28-32-27-11)20(30)26-19(17(12-2-3-12)13-4-5-13)15-9-29-21(25-15)24-14(8-23-29)16-10-31-7-6-22-16/h8-9,12-13,16-17,19,22H,2-7,10H2,1H3,(H,26,30)/t16?,19-/m1/s1. The van der Waals surface area contributed by atoms with Crippen molar-refractivity contribution in [2.45, 2.75) is 44.7 Å². The number of nitrogens with one attached hydrogen (secondary N) is 2. The Labute approximate surface area is 184 Å². The Morgan fingerprint density at radius 2 is 2.03 bits per heavy atom. The molecule has 0 spiro atoms. The van der Waals surface area contributed by atoms with Gasteiger partial charge in [0.2, 0.25) is 0 Å². The Morgan fingerprint density at radius 3 is 2.69 bits per heavy atom. The van der Waals surface area contributed by atoms with Gasteiger partial charge >= 0.3 is 0 Å². The fourth-order valence-electron chi connectivity index (χ4n) is 4.78. The van der Waals surface area contributed by atoms with E-state index in [2.05, 4.69) is 26.0 Å². The van der Waals surface area contributed by atoms with Gasteiger partial charge in [0.15, 0.2) is 5.69 Å². The monoisotopic (exact) mass is 438 g/mol.